The zero-order valence-corrected chi connectivity index (χ0v) is 18.9. The van der Waals surface area contributed by atoms with E-state index in [0.29, 0.717) is 19.5 Å². The second-order valence-electron chi connectivity index (χ2n) is 6.24. The molecule has 0 heterocycles. The van der Waals surface area contributed by atoms with E-state index in [-0.39, 0.29) is 33.0 Å². The molecular weight excluding hydrogens is 435 g/mol. The Balaban J connectivity index is 2.20. The molecule has 0 aromatic heterocycles. The summed E-state index contributed by atoms with van der Waals surface area (Å²) in [5.41, 5.74) is 1.06. The highest BCUT2D eigenvalue weighted by Gasteiger charge is 2.24. The third-order valence-corrected chi connectivity index (χ3v) is 6.70. The summed E-state index contributed by atoms with van der Waals surface area (Å²) in [5.74, 6) is 0.388. The molecule has 0 aliphatic rings. The molecule has 0 bridgehead atoms. The van der Waals surface area contributed by atoms with Crippen molar-refractivity contribution in [3.8, 4) is 5.75 Å². The minimum absolute atomic E-state index is 0.0388. The fourth-order valence-electron chi connectivity index (χ4n) is 2.78. The first kappa shape index (κ1) is 23.5. The smallest absolute Gasteiger partial charge is 0.255 e. The molecular formula is C20H24Cl2N2O4S. The Kier molecular flexibility index (Phi) is 8.34. The van der Waals surface area contributed by atoms with Gasteiger partial charge < -0.3 is 9.64 Å². The highest BCUT2D eigenvalue weighted by Crippen LogP contribution is 2.29. The highest BCUT2D eigenvalue weighted by molar-refractivity contribution is 7.89. The van der Waals surface area contributed by atoms with Crippen LogP contribution in [-0.2, 0) is 16.4 Å². The lowest BCUT2D eigenvalue weighted by atomic mass is 10.1. The molecule has 9 heteroatoms. The van der Waals surface area contributed by atoms with Crippen LogP contribution in [0.3, 0.4) is 0 Å². The number of hydrogen-bond acceptors (Lipinski definition) is 4. The molecule has 0 saturated heterocycles. The van der Waals surface area contributed by atoms with Crippen LogP contribution in [0.2, 0.25) is 10.0 Å². The standard InChI is InChI=1S/C20H24Cl2N2O4S/c1-4-24(5-2)20(25)16-12-19(18(22)13-17(16)21)29(26,27)23-11-10-14-6-8-15(28-3)9-7-14/h6-9,12-13,23H,4-5,10-11H2,1-3H3. The first-order valence-electron chi connectivity index (χ1n) is 9.14. The number of carbonyl (C=O) groups is 1. The molecule has 0 spiro atoms. The quantitative estimate of drug-likeness (QED) is 0.615. The van der Waals surface area contributed by atoms with Gasteiger partial charge in [-0.3, -0.25) is 4.79 Å². The third-order valence-electron chi connectivity index (χ3n) is 4.46. The molecule has 0 fully saturated rings. The molecule has 2 aromatic rings. The molecule has 1 N–H and O–H groups in total. The molecule has 0 radical (unpaired) electrons. The van der Waals surface area contributed by atoms with E-state index in [1.165, 1.54) is 12.1 Å². The van der Waals surface area contributed by atoms with Crippen LogP contribution in [0.1, 0.15) is 29.8 Å². The average molecular weight is 459 g/mol. The molecule has 6 nitrogen and oxygen atoms in total. The van der Waals surface area contributed by atoms with Crippen molar-refractivity contribution in [2.75, 3.05) is 26.7 Å². The van der Waals surface area contributed by atoms with Gasteiger partial charge in [0, 0.05) is 19.6 Å². The predicted octanol–water partition coefficient (Wildman–Crippen LogP) is 4.01. The monoisotopic (exact) mass is 458 g/mol. The van der Waals surface area contributed by atoms with E-state index in [4.69, 9.17) is 27.9 Å². The first-order valence-corrected chi connectivity index (χ1v) is 11.4. The Morgan fingerprint density at radius 1 is 1.07 bits per heavy atom. The summed E-state index contributed by atoms with van der Waals surface area (Å²) in [4.78, 5) is 14.0. The third kappa shape index (κ3) is 5.85. The summed E-state index contributed by atoms with van der Waals surface area (Å²) in [6.45, 7) is 4.81. The summed E-state index contributed by atoms with van der Waals surface area (Å²) in [7, 11) is -2.34. The van der Waals surface area contributed by atoms with Crippen molar-refractivity contribution < 1.29 is 17.9 Å². The maximum absolute atomic E-state index is 12.8. The normalized spacial score (nSPS) is 11.3. The van der Waals surface area contributed by atoms with Crippen LogP contribution in [-0.4, -0.2) is 46.0 Å². The van der Waals surface area contributed by atoms with Crippen LogP contribution in [0.25, 0.3) is 0 Å². The Labute approximate surface area is 181 Å². The summed E-state index contributed by atoms with van der Waals surface area (Å²) >= 11 is 12.3. The minimum Gasteiger partial charge on any atom is -0.497 e. The number of benzene rings is 2. The average Bonchev–Trinajstić information content (AvgIpc) is 2.69. The SMILES string of the molecule is CCN(CC)C(=O)c1cc(S(=O)(=O)NCCc2ccc(OC)cc2)c(Cl)cc1Cl. The maximum Gasteiger partial charge on any atom is 0.255 e. The van der Waals surface area contributed by atoms with Crippen molar-refractivity contribution in [3.63, 3.8) is 0 Å². The summed E-state index contributed by atoms with van der Waals surface area (Å²) in [6.07, 6.45) is 0.486. The Bertz CT molecular complexity index is 959. The number of nitrogens with one attached hydrogen (secondary N) is 1. The molecule has 29 heavy (non-hydrogen) atoms. The molecule has 0 unspecified atom stereocenters. The molecule has 0 aliphatic carbocycles. The van der Waals surface area contributed by atoms with Gasteiger partial charge in [0.1, 0.15) is 10.6 Å². The van der Waals surface area contributed by atoms with Gasteiger partial charge in [-0.25, -0.2) is 13.1 Å². The number of carbonyl (C=O) groups excluding carboxylic acids is 1. The highest BCUT2D eigenvalue weighted by atomic mass is 35.5. The van der Waals surface area contributed by atoms with E-state index >= 15 is 0 Å². The van der Waals surface area contributed by atoms with Crippen LogP contribution >= 0.6 is 23.2 Å². The second-order valence-corrected chi connectivity index (χ2v) is 8.79. The van der Waals surface area contributed by atoms with E-state index in [1.54, 1.807) is 12.0 Å². The van der Waals surface area contributed by atoms with Gasteiger partial charge in [-0.05, 0) is 50.1 Å². The van der Waals surface area contributed by atoms with Crippen LogP contribution in [0.4, 0.5) is 0 Å². The number of ether oxygens (including phenoxy) is 1. The van der Waals surface area contributed by atoms with Crippen LogP contribution < -0.4 is 9.46 Å². The van der Waals surface area contributed by atoms with Gasteiger partial charge >= 0.3 is 0 Å². The lowest BCUT2D eigenvalue weighted by Gasteiger charge is -2.20. The number of methoxy groups -OCH3 is 1. The molecule has 2 aromatic carbocycles. The number of rotatable bonds is 9. The zero-order valence-electron chi connectivity index (χ0n) is 16.5. The lowest BCUT2D eigenvalue weighted by molar-refractivity contribution is 0.0773. The van der Waals surface area contributed by atoms with Crippen LogP contribution in [0.5, 0.6) is 5.75 Å². The van der Waals surface area contributed by atoms with Crippen molar-refractivity contribution in [2.45, 2.75) is 25.2 Å². The van der Waals surface area contributed by atoms with Gasteiger partial charge in [0.25, 0.3) is 5.91 Å². The van der Waals surface area contributed by atoms with Gasteiger partial charge in [0.2, 0.25) is 10.0 Å². The Hall–Kier alpha value is -1.80. The van der Waals surface area contributed by atoms with E-state index in [2.05, 4.69) is 4.72 Å². The van der Waals surface area contributed by atoms with Crippen molar-refractivity contribution in [3.05, 3.63) is 57.6 Å². The minimum atomic E-state index is -3.92. The van der Waals surface area contributed by atoms with Gasteiger partial charge in [0.15, 0.2) is 0 Å². The fourth-order valence-corrected chi connectivity index (χ4v) is 4.66. The van der Waals surface area contributed by atoms with E-state index in [9.17, 15) is 13.2 Å². The zero-order chi connectivity index (χ0) is 21.6. The van der Waals surface area contributed by atoms with Crippen molar-refractivity contribution >= 4 is 39.1 Å². The summed E-state index contributed by atoms with van der Waals surface area (Å²) in [5, 5.41) is 0.0760. The van der Waals surface area contributed by atoms with Crippen molar-refractivity contribution in [1.82, 2.24) is 9.62 Å². The summed E-state index contributed by atoms with van der Waals surface area (Å²) in [6, 6.07) is 9.88. The van der Waals surface area contributed by atoms with Crippen LogP contribution in [0, 0.1) is 0 Å². The second kappa shape index (κ2) is 10.3. The van der Waals surface area contributed by atoms with Crippen LogP contribution in [0.15, 0.2) is 41.3 Å². The molecule has 2 rings (SSSR count). The number of hydrogen-bond donors (Lipinski definition) is 1. The summed E-state index contributed by atoms with van der Waals surface area (Å²) < 4.78 is 33.1. The lowest BCUT2D eigenvalue weighted by Crippen LogP contribution is -2.31. The van der Waals surface area contributed by atoms with E-state index in [1.807, 2.05) is 38.1 Å². The fraction of sp³-hybridized carbons (Fsp3) is 0.350. The van der Waals surface area contributed by atoms with Crippen molar-refractivity contribution in [1.29, 1.82) is 0 Å². The van der Waals surface area contributed by atoms with Gasteiger partial charge in [0.05, 0.1) is 22.7 Å². The van der Waals surface area contributed by atoms with Crippen molar-refractivity contribution in [2.24, 2.45) is 0 Å². The van der Waals surface area contributed by atoms with E-state index in [0.717, 1.165) is 11.3 Å². The predicted molar refractivity (Wildman–Crippen MR) is 116 cm³/mol. The Morgan fingerprint density at radius 2 is 1.69 bits per heavy atom. The number of sulfonamides is 1. The van der Waals surface area contributed by atoms with Gasteiger partial charge in [-0.15, -0.1) is 0 Å². The largest absolute Gasteiger partial charge is 0.497 e. The molecule has 158 valence electrons. The van der Waals surface area contributed by atoms with E-state index < -0.39 is 10.0 Å². The molecule has 0 aliphatic heterocycles. The first-order chi connectivity index (χ1) is 13.7. The Morgan fingerprint density at radius 3 is 2.24 bits per heavy atom. The maximum atomic E-state index is 12.8. The molecule has 1 amide bonds. The molecule has 0 saturated carbocycles. The number of nitrogens with zero attached hydrogens (tertiary/aromatic N) is 1. The topological polar surface area (TPSA) is 75.7 Å². The van der Waals surface area contributed by atoms with Gasteiger partial charge in [-0.2, -0.15) is 0 Å². The molecule has 0 atom stereocenters. The van der Waals surface area contributed by atoms with Gasteiger partial charge in [-0.1, -0.05) is 35.3 Å². The number of amides is 1. The number of halogens is 2.